The summed E-state index contributed by atoms with van der Waals surface area (Å²) in [5.41, 5.74) is 5.23. The number of fused-ring (bicyclic) bond motifs is 1. The molecule has 1 aliphatic heterocycles. The van der Waals surface area contributed by atoms with E-state index in [1.165, 1.54) is 4.88 Å². The van der Waals surface area contributed by atoms with Crippen LogP contribution in [-0.4, -0.2) is 16.0 Å². The van der Waals surface area contributed by atoms with Crippen LogP contribution in [0.2, 0.25) is 0 Å². The minimum absolute atomic E-state index is 0.112. The topological polar surface area (TPSA) is 77.8 Å². The predicted molar refractivity (Wildman–Crippen MR) is 127 cm³/mol. The number of rotatable bonds is 3. The number of nitrogens with one attached hydrogen (secondary N) is 3. The summed E-state index contributed by atoms with van der Waals surface area (Å²) in [5, 5.41) is 11.1. The van der Waals surface area contributed by atoms with Crippen molar-refractivity contribution < 1.29 is 4.79 Å². The molecular formula is C26H21N3O2S. The van der Waals surface area contributed by atoms with Gasteiger partial charge in [0, 0.05) is 34.4 Å². The summed E-state index contributed by atoms with van der Waals surface area (Å²) < 4.78 is 0. The van der Waals surface area contributed by atoms with E-state index in [1.807, 2.05) is 36.4 Å². The Morgan fingerprint density at radius 3 is 2.34 bits per heavy atom. The van der Waals surface area contributed by atoms with Crippen LogP contribution in [0.3, 0.4) is 0 Å². The molecule has 3 heterocycles. The molecule has 0 amide bonds. The predicted octanol–water partition coefficient (Wildman–Crippen LogP) is 5.39. The van der Waals surface area contributed by atoms with Gasteiger partial charge in [-0.25, -0.2) is 0 Å². The van der Waals surface area contributed by atoms with Gasteiger partial charge >= 0.3 is 0 Å². The Balaban J connectivity index is 1.44. The van der Waals surface area contributed by atoms with Crippen LogP contribution < -0.4 is 10.9 Å². The van der Waals surface area contributed by atoms with Gasteiger partial charge in [0.1, 0.15) is 5.82 Å². The SMILES string of the molecule is O=C1C[C@@H](c2cccs2)CC2=C1[C@H](c1ccc(-c3ccccc3)cc1)c1c([nH][nH]c1=O)N2. The highest BCUT2D eigenvalue weighted by atomic mass is 32.1. The number of allylic oxidation sites excluding steroid dienone is 2. The molecule has 0 spiro atoms. The van der Waals surface area contributed by atoms with Gasteiger partial charge in [0.15, 0.2) is 5.78 Å². The standard InChI is InChI=1S/C26H21N3O2S/c30-20-14-18(21-7-4-12-32-21)13-19-23(20)22(24-25(27-19)28-29-26(24)31)17-10-8-16(9-11-17)15-5-2-1-3-6-15/h1-12,18,22H,13-14H2,(H3,27,28,29,31)/t18-,22-/m0/s1. The van der Waals surface area contributed by atoms with Crippen molar-refractivity contribution in [3.63, 3.8) is 0 Å². The van der Waals surface area contributed by atoms with E-state index in [9.17, 15) is 9.59 Å². The highest BCUT2D eigenvalue weighted by Crippen LogP contribution is 2.47. The average molecular weight is 440 g/mol. The summed E-state index contributed by atoms with van der Waals surface area (Å²) in [6.45, 7) is 0. The zero-order valence-corrected chi connectivity index (χ0v) is 18.0. The lowest BCUT2D eigenvalue weighted by atomic mass is 9.74. The molecule has 1 aliphatic carbocycles. The molecule has 2 aromatic heterocycles. The summed E-state index contributed by atoms with van der Waals surface area (Å²) in [5.74, 6) is 0.561. The van der Waals surface area contributed by atoms with Crippen LogP contribution in [0.15, 0.2) is 88.2 Å². The molecule has 6 rings (SSSR count). The molecule has 3 N–H and O–H groups in total. The monoisotopic (exact) mass is 439 g/mol. The molecule has 2 aliphatic rings. The Morgan fingerprint density at radius 1 is 0.812 bits per heavy atom. The van der Waals surface area contributed by atoms with Crippen molar-refractivity contribution in [2.24, 2.45) is 0 Å². The van der Waals surface area contributed by atoms with Gasteiger partial charge in [-0.1, -0.05) is 60.7 Å². The van der Waals surface area contributed by atoms with Crippen LogP contribution in [0.4, 0.5) is 5.82 Å². The lowest BCUT2D eigenvalue weighted by Crippen LogP contribution is -2.31. The number of carbonyl (C=O) groups excluding carboxylic acids is 1. The van der Waals surface area contributed by atoms with Crippen molar-refractivity contribution in [1.29, 1.82) is 0 Å². The van der Waals surface area contributed by atoms with Crippen molar-refractivity contribution >= 4 is 22.9 Å². The summed E-state index contributed by atoms with van der Waals surface area (Å²) in [7, 11) is 0. The minimum Gasteiger partial charge on any atom is -0.343 e. The van der Waals surface area contributed by atoms with Crippen LogP contribution in [0, 0.1) is 0 Å². The van der Waals surface area contributed by atoms with E-state index in [-0.39, 0.29) is 23.2 Å². The van der Waals surface area contributed by atoms with E-state index >= 15 is 0 Å². The Hall–Kier alpha value is -3.64. The van der Waals surface area contributed by atoms with E-state index in [2.05, 4.69) is 51.2 Å². The number of aromatic amines is 2. The normalized spacial score (nSPS) is 19.9. The number of aromatic nitrogens is 2. The molecule has 0 bridgehead atoms. The fourth-order valence-electron chi connectivity index (χ4n) is 4.98. The second kappa shape index (κ2) is 7.50. The third kappa shape index (κ3) is 3.07. The molecule has 6 heteroatoms. The van der Waals surface area contributed by atoms with E-state index in [4.69, 9.17) is 0 Å². The maximum atomic E-state index is 13.4. The summed E-state index contributed by atoms with van der Waals surface area (Å²) in [4.78, 5) is 27.4. The van der Waals surface area contributed by atoms with Crippen molar-refractivity contribution in [1.82, 2.24) is 10.2 Å². The zero-order valence-electron chi connectivity index (χ0n) is 17.2. The number of hydrogen-bond acceptors (Lipinski definition) is 4. The lowest BCUT2D eigenvalue weighted by molar-refractivity contribution is -0.116. The average Bonchev–Trinajstić information content (AvgIpc) is 3.49. The molecule has 2 aromatic carbocycles. The van der Waals surface area contributed by atoms with Crippen LogP contribution in [0.5, 0.6) is 0 Å². The van der Waals surface area contributed by atoms with Crippen LogP contribution in [-0.2, 0) is 4.79 Å². The molecule has 2 atom stereocenters. The van der Waals surface area contributed by atoms with Gasteiger partial charge in [-0.05, 0) is 34.6 Å². The smallest absolute Gasteiger partial charge is 0.270 e. The Labute approximate surface area is 188 Å². The van der Waals surface area contributed by atoms with E-state index in [0.29, 0.717) is 17.8 Å². The molecule has 0 radical (unpaired) electrons. The van der Waals surface area contributed by atoms with Gasteiger partial charge in [-0.15, -0.1) is 11.3 Å². The minimum atomic E-state index is -0.377. The first-order valence-electron chi connectivity index (χ1n) is 10.7. The number of ketones is 1. The highest BCUT2D eigenvalue weighted by Gasteiger charge is 2.40. The quantitative estimate of drug-likeness (QED) is 0.401. The van der Waals surface area contributed by atoms with Crippen LogP contribution in [0.1, 0.15) is 40.7 Å². The van der Waals surface area contributed by atoms with Gasteiger partial charge in [0.2, 0.25) is 0 Å². The molecule has 5 nitrogen and oxygen atoms in total. The van der Waals surface area contributed by atoms with Crippen molar-refractivity contribution in [3.05, 3.63) is 110 Å². The molecule has 158 valence electrons. The molecule has 0 saturated heterocycles. The van der Waals surface area contributed by atoms with Gasteiger partial charge < -0.3 is 5.32 Å². The second-order valence-corrected chi connectivity index (χ2v) is 9.33. The molecule has 0 saturated carbocycles. The van der Waals surface area contributed by atoms with E-state index in [0.717, 1.165) is 34.4 Å². The van der Waals surface area contributed by atoms with Gasteiger partial charge in [0.25, 0.3) is 5.56 Å². The number of thiophene rings is 1. The third-order valence-corrected chi connectivity index (χ3v) is 7.51. The Bertz CT molecular complexity index is 1380. The second-order valence-electron chi connectivity index (χ2n) is 8.35. The van der Waals surface area contributed by atoms with Gasteiger partial charge in [-0.3, -0.25) is 19.8 Å². The molecule has 32 heavy (non-hydrogen) atoms. The van der Waals surface area contributed by atoms with Crippen molar-refractivity contribution in [3.8, 4) is 11.1 Å². The Kier molecular flexibility index (Phi) is 4.47. The highest BCUT2D eigenvalue weighted by molar-refractivity contribution is 7.10. The fraction of sp³-hybridized carbons (Fsp3) is 0.154. The largest absolute Gasteiger partial charge is 0.343 e. The zero-order chi connectivity index (χ0) is 21.7. The molecular weight excluding hydrogens is 418 g/mol. The number of Topliss-reactive ketones (excluding diaryl/α,β-unsaturated/α-hetero) is 1. The first-order valence-corrected chi connectivity index (χ1v) is 11.6. The molecule has 0 unspecified atom stereocenters. The summed E-state index contributed by atoms with van der Waals surface area (Å²) in [6, 6.07) is 22.5. The first-order chi connectivity index (χ1) is 15.7. The number of hydrogen-bond donors (Lipinski definition) is 3. The third-order valence-electron chi connectivity index (χ3n) is 6.47. The first kappa shape index (κ1) is 19.1. The van der Waals surface area contributed by atoms with E-state index in [1.54, 1.807) is 11.3 Å². The van der Waals surface area contributed by atoms with Crippen molar-refractivity contribution in [2.45, 2.75) is 24.7 Å². The summed E-state index contributed by atoms with van der Waals surface area (Å²) in [6.07, 6.45) is 1.23. The van der Waals surface area contributed by atoms with Crippen LogP contribution in [0.25, 0.3) is 11.1 Å². The molecule has 0 fully saturated rings. The van der Waals surface area contributed by atoms with Gasteiger partial charge in [0.05, 0.1) is 5.56 Å². The number of benzene rings is 2. The van der Waals surface area contributed by atoms with Crippen LogP contribution >= 0.6 is 11.3 Å². The number of H-pyrrole nitrogens is 2. The summed E-state index contributed by atoms with van der Waals surface area (Å²) >= 11 is 1.69. The Morgan fingerprint density at radius 2 is 1.59 bits per heavy atom. The number of carbonyl (C=O) groups is 1. The lowest BCUT2D eigenvalue weighted by Gasteiger charge is -2.34. The van der Waals surface area contributed by atoms with Crippen molar-refractivity contribution in [2.75, 3.05) is 5.32 Å². The number of anilines is 1. The van der Waals surface area contributed by atoms with Gasteiger partial charge in [-0.2, -0.15) is 0 Å². The molecule has 4 aromatic rings. The fourth-order valence-corrected chi connectivity index (χ4v) is 5.81. The maximum absolute atomic E-state index is 13.4. The van der Waals surface area contributed by atoms with E-state index < -0.39 is 0 Å². The maximum Gasteiger partial charge on any atom is 0.270 e.